The van der Waals surface area contributed by atoms with Crippen LogP contribution in [0.3, 0.4) is 0 Å². The number of ketones is 1. The number of hydrogen-bond donors (Lipinski definition) is 2. The van der Waals surface area contributed by atoms with Gasteiger partial charge in [0.25, 0.3) is 5.69 Å². The molecule has 0 aliphatic heterocycles. The molecule has 0 aliphatic rings. The number of benzene rings is 2. The van der Waals surface area contributed by atoms with Crippen molar-refractivity contribution in [3.8, 4) is 0 Å². The SMILES string of the molecule is CC(=O)c1cccc(NCc2ccc(C(N)=O)cc2[N+](=O)[O-])c1. The fraction of sp³-hybridized carbons (Fsp3) is 0.125. The molecule has 1 amide bonds. The molecule has 0 atom stereocenters. The third-order valence-electron chi connectivity index (χ3n) is 3.32. The normalized spacial score (nSPS) is 10.1. The Hall–Kier alpha value is -3.22. The number of rotatable bonds is 6. The van der Waals surface area contributed by atoms with Crippen molar-refractivity contribution < 1.29 is 14.5 Å². The molecule has 7 nitrogen and oxygen atoms in total. The highest BCUT2D eigenvalue weighted by molar-refractivity contribution is 5.95. The Bertz CT molecular complexity index is 787. The van der Waals surface area contributed by atoms with Crippen molar-refractivity contribution in [3.63, 3.8) is 0 Å². The second-order valence-electron chi connectivity index (χ2n) is 4.96. The lowest BCUT2D eigenvalue weighted by molar-refractivity contribution is -0.385. The largest absolute Gasteiger partial charge is 0.381 e. The van der Waals surface area contributed by atoms with Crippen LogP contribution in [-0.4, -0.2) is 16.6 Å². The smallest absolute Gasteiger partial charge is 0.275 e. The first kappa shape index (κ1) is 16.2. The van der Waals surface area contributed by atoms with E-state index in [2.05, 4.69) is 5.32 Å². The molecule has 0 saturated carbocycles. The summed E-state index contributed by atoms with van der Waals surface area (Å²) in [6.45, 7) is 1.64. The van der Waals surface area contributed by atoms with E-state index in [0.717, 1.165) is 6.07 Å². The van der Waals surface area contributed by atoms with E-state index in [1.54, 1.807) is 24.3 Å². The van der Waals surface area contributed by atoms with E-state index in [-0.39, 0.29) is 23.6 Å². The average Bonchev–Trinajstić information content (AvgIpc) is 2.52. The zero-order chi connectivity index (χ0) is 17.0. The predicted octanol–water partition coefficient (Wildman–Crippen LogP) is 2.51. The van der Waals surface area contributed by atoms with Gasteiger partial charge in [-0.25, -0.2) is 0 Å². The number of nitrogens with zero attached hydrogens (tertiary/aromatic N) is 1. The number of nitro groups is 1. The number of amides is 1. The van der Waals surface area contributed by atoms with Crippen LogP contribution in [0.25, 0.3) is 0 Å². The maximum Gasteiger partial charge on any atom is 0.275 e. The average molecular weight is 313 g/mol. The Morgan fingerprint density at radius 3 is 2.52 bits per heavy atom. The van der Waals surface area contributed by atoms with Gasteiger partial charge in [-0.15, -0.1) is 0 Å². The maximum atomic E-state index is 11.4. The summed E-state index contributed by atoms with van der Waals surface area (Å²) < 4.78 is 0. The van der Waals surface area contributed by atoms with E-state index in [1.165, 1.54) is 19.1 Å². The minimum absolute atomic E-state index is 0.0644. The molecule has 118 valence electrons. The molecule has 0 fully saturated rings. The monoisotopic (exact) mass is 313 g/mol. The lowest BCUT2D eigenvalue weighted by Gasteiger charge is -2.09. The number of nitro benzene ring substituents is 1. The lowest BCUT2D eigenvalue weighted by atomic mass is 10.1. The molecule has 2 aromatic carbocycles. The van der Waals surface area contributed by atoms with Crippen LogP contribution >= 0.6 is 0 Å². The summed E-state index contributed by atoms with van der Waals surface area (Å²) in [6, 6.07) is 10.9. The Balaban J connectivity index is 2.23. The van der Waals surface area contributed by atoms with Crippen molar-refractivity contribution in [2.24, 2.45) is 5.73 Å². The number of carbonyl (C=O) groups excluding carboxylic acids is 2. The number of Topliss-reactive ketones (excluding diaryl/α,β-unsaturated/α-hetero) is 1. The van der Waals surface area contributed by atoms with Gasteiger partial charge in [0.1, 0.15) is 0 Å². The van der Waals surface area contributed by atoms with E-state index >= 15 is 0 Å². The number of nitrogens with one attached hydrogen (secondary N) is 1. The Morgan fingerprint density at radius 2 is 1.91 bits per heavy atom. The van der Waals surface area contributed by atoms with Crippen LogP contribution in [0.5, 0.6) is 0 Å². The summed E-state index contributed by atoms with van der Waals surface area (Å²) in [7, 11) is 0. The highest BCUT2D eigenvalue weighted by Crippen LogP contribution is 2.22. The molecule has 0 unspecified atom stereocenters. The molecule has 3 N–H and O–H groups in total. The Labute approximate surface area is 132 Å². The van der Waals surface area contributed by atoms with Crippen LogP contribution in [0.1, 0.15) is 33.2 Å². The van der Waals surface area contributed by atoms with E-state index in [0.29, 0.717) is 16.8 Å². The number of anilines is 1. The molecular weight excluding hydrogens is 298 g/mol. The van der Waals surface area contributed by atoms with Crippen LogP contribution in [0.15, 0.2) is 42.5 Å². The molecule has 0 spiro atoms. The molecule has 0 bridgehead atoms. The highest BCUT2D eigenvalue weighted by Gasteiger charge is 2.16. The number of primary amides is 1. The molecule has 0 saturated heterocycles. The third kappa shape index (κ3) is 3.91. The van der Waals surface area contributed by atoms with Crippen molar-refractivity contribution in [1.82, 2.24) is 0 Å². The van der Waals surface area contributed by atoms with Gasteiger partial charge in [0.2, 0.25) is 5.91 Å². The van der Waals surface area contributed by atoms with Crippen LogP contribution < -0.4 is 11.1 Å². The summed E-state index contributed by atoms with van der Waals surface area (Å²) in [6.07, 6.45) is 0. The Morgan fingerprint density at radius 1 is 1.17 bits per heavy atom. The summed E-state index contributed by atoms with van der Waals surface area (Å²) >= 11 is 0. The summed E-state index contributed by atoms with van der Waals surface area (Å²) in [4.78, 5) is 33.0. The van der Waals surface area contributed by atoms with Gasteiger partial charge in [0.15, 0.2) is 5.78 Å². The number of carbonyl (C=O) groups is 2. The van der Waals surface area contributed by atoms with Gasteiger partial charge in [-0.3, -0.25) is 19.7 Å². The van der Waals surface area contributed by atoms with Gasteiger partial charge in [0.05, 0.1) is 4.92 Å². The second-order valence-corrected chi connectivity index (χ2v) is 4.96. The van der Waals surface area contributed by atoms with Crippen molar-refractivity contribution in [2.75, 3.05) is 5.32 Å². The molecule has 23 heavy (non-hydrogen) atoms. The van der Waals surface area contributed by atoms with Crippen LogP contribution in [0, 0.1) is 10.1 Å². The molecular formula is C16H15N3O4. The molecule has 2 rings (SSSR count). The zero-order valence-corrected chi connectivity index (χ0v) is 12.4. The summed E-state index contributed by atoms with van der Waals surface area (Å²) in [5.41, 5.74) is 6.66. The van der Waals surface area contributed by atoms with Gasteiger partial charge in [0, 0.05) is 35.0 Å². The van der Waals surface area contributed by atoms with Crippen molar-refractivity contribution in [3.05, 3.63) is 69.3 Å². The first-order chi connectivity index (χ1) is 10.9. The zero-order valence-electron chi connectivity index (χ0n) is 12.4. The van der Waals surface area contributed by atoms with Gasteiger partial charge >= 0.3 is 0 Å². The van der Waals surface area contributed by atoms with Gasteiger partial charge < -0.3 is 11.1 Å². The van der Waals surface area contributed by atoms with Crippen LogP contribution in [0.4, 0.5) is 11.4 Å². The van der Waals surface area contributed by atoms with Gasteiger partial charge in [-0.2, -0.15) is 0 Å². The molecule has 0 aromatic heterocycles. The van der Waals surface area contributed by atoms with E-state index in [4.69, 9.17) is 5.73 Å². The van der Waals surface area contributed by atoms with Crippen molar-refractivity contribution in [2.45, 2.75) is 13.5 Å². The fourth-order valence-electron chi connectivity index (χ4n) is 2.08. The highest BCUT2D eigenvalue weighted by atomic mass is 16.6. The number of hydrogen-bond acceptors (Lipinski definition) is 5. The molecule has 0 radical (unpaired) electrons. The minimum atomic E-state index is -0.721. The fourth-order valence-corrected chi connectivity index (χ4v) is 2.08. The Kier molecular flexibility index (Phi) is 4.70. The maximum absolute atomic E-state index is 11.4. The summed E-state index contributed by atoms with van der Waals surface area (Å²) in [5.74, 6) is -0.785. The quantitative estimate of drug-likeness (QED) is 0.483. The molecule has 0 heterocycles. The first-order valence-electron chi connectivity index (χ1n) is 6.80. The minimum Gasteiger partial charge on any atom is -0.381 e. The third-order valence-corrected chi connectivity index (χ3v) is 3.32. The van der Waals surface area contributed by atoms with Crippen molar-refractivity contribution in [1.29, 1.82) is 0 Å². The van der Waals surface area contributed by atoms with Gasteiger partial charge in [-0.05, 0) is 31.2 Å². The van der Waals surface area contributed by atoms with Gasteiger partial charge in [-0.1, -0.05) is 12.1 Å². The van der Waals surface area contributed by atoms with Crippen LogP contribution in [0.2, 0.25) is 0 Å². The second kappa shape index (κ2) is 6.69. The van der Waals surface area contributed by atoms with E-state index in [1.807, 2.05) is 0 Å². The standard InChI is InChI=1S/C16H15N3O4/c1-10(20)11-3-2-4-14(7-11)18-9-13-6-5-12(16(17)21)8-15(13)19(22)23/h2-8,18H,9H2,1H3,(H2,17,21). The summed E-state index contributed by atoms with van der Waals surface area (Å²) in [5, 5.41) is 14.2. The number of nitrogens with two attached hydrogens (primary N) is 1. The lowest BCUT2D eigenvalue weighted by Crippen LogP contribution is -2.12. The molecule has 0 aliphatic carbocycles. The first-order valence-corrected chi connectivity index (χ1v) is 6.80. The van der Waals surface area contributed by atoms with E-state index in [9.17, 15) is 19.7 Å². The molecule has 2 aromatic rings. The predicted molar refractivity (Wildman–Crippen MR) is 85.4 cm³/mol. The molecule has 7 heteroatoms. The van der Waals surface area contributed by atoms with Crippen LogP contribution in [-0.2, 0) is 6.54 Å². The topological polar surface area (TPSA) is 115 Å². The van der Waals surface area contributed by atoms with Crippen molar-refractivity contribution >= 4 is 23.1 Å². The van der Waals surface area contributed by atoms with E-state index < -0.39 is 10.8 Å².